The first-order chi connectivity index (χ1) is 8.15. The van der Waals surface area contributed by atoms with E-state index in [2.05, 4.69) is 34.2 Å². The minimum Gasteiger partial charge on any atom is -0.376 e. The minimum absolute atomic E-state index is 0.635. The van der Waals surface area contributed by atoms with Crippen LogP contribution in [-0.4, -0.2) is 28.9 Å². The Balaban J connectivity index is 2.68. The number of H-pyrrole nitrogens is 1. The van der Waals surface area contributed by atoms with Gasteiger partial charge in [-0.3, -0.25) is 9.67 Å². The maximum absolute atomic E-state index is 5.29. The van der Waals surface area contributed by atoms with Gasteiger partial charge in [-0.2, -0.15) is 5.10 Å². The number of hydrogen-bond donors (Lipinski definition) is 1. The van der Waals surface area contributed by atoms with Crippen LogP contribution in [0.25, 0.3) is 5.69 Å². The Labute approximate surface area is 106 Å². The van der Waals surface area contributed by atoms with Crippen molar-refractivity contribution in [2.75, 3.05) is 19.0 Å². The van der Waals surface area contributed by atoms with E-state index in [1.807, 2.05) is 30.8 Å². The van der Waals surface area contributed by atoms with Crippen molar-refractivity contribution in [1.82, 2.24) is 14.8 Å². The smallest absolute Gasteiger partial charge is 0.199 e. The standard InChI is InChI=1S/C12H16N4S/c1-4-11-13-14-12(17)16(11)10-8-6-5-7-9(10)15(2)3/h5-8H,4H2,1-3H3,(H,14,17). The van der Waals surface area contributed by atoms with E-state index in [4.69, 9.17) is 12.2 Å². The number of nitrogens with zero attached hydrogens (tertiary/aromatic N) is 3. The van der Waals surface area contributed by atoms with Crippen molar-refractivity contribution < 1.29 is 0 Å². The molecule has 0 aliphatic carbocycles. The van der Waals surface area contributed by atoms with Crippen LogP contribution in [0.4, 0.5) is 5.69 Å². The summed E-state index contributed by atoms with van der Waals surface area (Å²) >= 11 is 5.29. The molecule has 17 heavy (non-hydrogen) atoms. The van der Waals surface area contributed by atoms with E-state index in [1.165, 1.54) is 0 Å². The van der Waals surface area contributed by atoms with E-state index >= 15 is 0 Å². The third-order valence-corrected chi connectivity index (χ3v) is 2.94. The van der Waals surface area contributed by atoms with Crippen LogP contribution in [-0.2, 0) is 6.42 Å². The summed E-state index contributed by atoms with van der Waals surface area (Å²) in [6.45, 7) is 2.07. The number of hydrogen-bond acceptors (Lipinski definition) is 3. The topological polar surface area (TPSA) is 36.9 Å². The molecule has 0 fully saturated rings. The molecule has 0 spiro atoms. The molecule has 0 amide bonds. The molecule has 4 nitrogen and oxygen atoms in total. The molecular weight excluding hydrogens is 232 g/mol. The zero-order valence-electron chi connectivity index (χ0n) is 10.3. The number of aryl methyl sites for hydroxylation is 1. The van der Waals surface area contributed by atoms with E-state index in [0.717, 1.165) is 23.6 Å². The fourth-order valence-electron chi connectivity index (χ4n) is 1.85. The number of rotatable bonds is 3. The molecule has 1 aromatic carbocycles. The number of aromatic amines is 1. The Bertz CT molecular complexity index is 568. The predicted molar refractivity (Wildman–Crippen MR) is 72.5 cm³/mol. The van der Waals surface area contributed by atoms with Gasteiger partial charge in [-0.25, -0.2) is 0 Å². The second-order valence-electron chi connectivity index (χ2n) is 4.02. The van der Waals surface area contributed by atoms with Crippen LogP contribution >= 0.6 is 12.2 Å². The number of para-hydroxylation sites is 2. The van der Waals surface area contributed by atoms with E-state index in [1.54, 1.807) is 0 Å². The highest BCUT2D eigenvalue weighted by atomic mass is 32.1. The lowest BCUT2D eigenvalue weighted by Crippen LogP contribution is -2.13. The van der Waals surface area contributed by atoms with Gasteiger partial charge in [0.1, 0.15) is 5.82 Å². The van der Waals surface area contributed by atoms with Gasteiger partial charge in [-0.1, -0.05) is 19.1 Å². The summed E-state index contributed by atoms with van der Waals surface area (Å²) in [5, 5.41) is 7.09. The highest BCUT2D eigenvalue weighted by molar-refractivity contribution is 7.71. The van der Waals surface area contributed by atoms with E-state index in [9.17, 15) is 0 Å². The zero-order valence-corrected chi connectivity index (χ0v) is 11.1. The van der Waals surface area contributed by atoms with Crippen LogP contribution < -0.4 is 4.90 Å². The molecule has 0 saturated carbocycles. The monoisotopic (exact) mass is 248 g/mol. The molecule has 90 valence electrons. The normalized spacial score (nSPS) is 10.5. The van der Waals surface area contributed by atoms with Crippen molar-refractivity contribution in [2.45, 2.75) is 13.3 Å². The first-order valence-corrected chi connectivity index (χ1v) is 5.99. The molecule has 0 bridgehead atoms. The van der Waals surface area contributed by atoms with Crippen molar-refractivity contribution >= 4 is 17.9 Å². The van der Waals surface area contributed by atoms with E-state index < -0.39 is 0 Å². The second-order valence-corrected chi connectivity index (χ2v) is 4.40. The predicted octanol–water partition coefficient (Wildman–Crippen LogP) is 2.56. The highest BCUT2D eigenvalue weighted by Crippen LogP contribution is 2.23. The molecule has 5 heteroatoms. The summed E-state index contributed by atoms with van der Waals surface area (Å²) in [5.41, 5.74) is 2.19. The van der Waals surface area contributed by atoms with Crippen molar-refractivity contribution in [3.8, 4) is 5.69 Å². The molecule has 0 unspecified atom stereocenters. The van der Waals surface area contributed by atoms with Crippen LogP contribution in [0.1, 0.15) is 12.7 Å². The van der Waals surface area contributed by atoms with Gasteiger partial charge in [0.2, 0.25) is 0 Å². The average molecular weight is 248 g/mol. The number of anilines is 1. The van der Waals surface area contributed by atoms with Gasteiger partial charge in [0.15, 0.2) is 4.77 Å². The Morgan fingerprint density at radius 1 is 1.35 bits per heavy atom. The first kappa shape index (κ1) is 11.9. The zero-order chi connectivity index (χ0) is 12.4. The Hall–Kier alpha value is -1.62. The number of aromatic nitrogens is 3. The van der Waals surface area contributed by atoms with Gasteiger partial charge in [0.05, 0.1) is 11.4 Å². The molecule has 2 aromatic rings. The Morgan fingerprint density at radius 2 is 2.06 bits per heavy atom. The Kier molecular flexibility index (Phi) is 3.28. The number of benzene rings is 1. The lowest BCUT2D eigenvalue weighted by Gasteiger charge is -2.18. The largest absolute Gasteiger partial charge is 0.376 e. The summed E-state index contributed by atoms with van der Waals surface area (Å²) in [4.78, 5) is 2.07. The van der Waals surface area contributed by atoms with Gasteiger partial charge in [-0.15, -0.1) is 0 Å². The SMILES string of the molecule is CCc1n[nH]c(=S)n1-c1ccccc1N(C)C. The summed E-state index contributed by atoms with van der Waals surface area (Å²) in [6, 6.07) is 8.16. The average Bonchev–Trinajstić information content (AvgIpc) is 2.70. The third-order valence-electron chi connectivity index (χ3n) is 2.66. The summed E-state index contributed by atoms with van der Waals surface area (Å²) in [5.74, 6) is 0.948. The van der Waals surface area contributed by atoms with Crippen LogP contribution in [0.3, 0.4) is 0 Å². The van der Waals surface area contributed by atoms with Gasteiger partial charge in [-0.05, 0) is 24.4 Å². The summed E-state index contributed by atoms with van der Waals surface area (Å²) in [7, 11) is 4.04. The Morgan fingerprint density at radius 3 is 2.71 bits per heavy atom. The van der Waals surface area contributed by atoms with Crippen molar-refractivity contribution in [3.05, 3.63) is 34.9 Å². The van der Waals surface area contributed by atoms with Crippen LogP contribution in [0.15, 0.2) is 24.3 Å². The maximum Gasteiger partial charge on any atom is 0.199 e. The fraction of sp³-hybridized carbons (Fsp3) is 0.333. The van der Waals surface area contributed by atoms with Gasteiger partial charge in [0, 0.05) is 20.5 Å². The van der Waals surface area contributed by atoms with Crippen molar-refractivity contribution in [1.29, 1.82) is 0 Å². The molecule has 0 radical (unpaired) electrons. The van der Waals surface area contributed by atoms with E-state index in [0.29, 0.717) is 4.77 Å². The molecule has 1 aromatic heterocycles. The lowest BCUT2D eigenvalue weighted by molar-refractivity contribution is 0.876. The van der Waals surface area contributed by atoms with Gasteiger partial charge < -0.3 is 4.90 Å². The van der Waals surface area contributed by atoms with Crippen LogP contribution in [0, 0.1) is 4.77 Å². The molecule has 1 N–H and O–H groups in total. The maximum atomic E-state index is 5.29. The van der Waals surface area contributed by atoms with Crippen molar-refractivity contribution in [2.24, 2.45) is 0 Å². The second kappa shape index (κ2) is 4.71. The molecule has 2 rings (SSSR count). The molecule has 0 saturated heterocycles. The highest BCUT2D eigenvalue weighted by Gasteiger charge is 2.11. The third kappa shape index (κ3) is 2.10. The minimum atomic E-state index is 0.635. The van der Waals surface area contributed by atoms with Gasteiger partial charge in [0.25, 0.3) is 0 Å². The fourth-order valence-corrected chi connectivity index (χ4v) is 2.10. The van der Waals surface area contributed by atoms with Crippen LogP contribution in [0.5, 0.6) is 0 Å². The van der Waals surface area contributed by atoms with Gasteiger partial charge >= 0.3 is 0 Å². The molecule has 0 aliphatic rings. The van der Waals surface area contributed by atoms with Crippen LogP contribution in [0.2, 0.25) is 0 Å². The molecule has 0 atom stereocenters. The quantitative estimate of drug-likeness (QED) is 0.848. The molecule has 0 aliphatic heterocycles. The van der Waals surface area contributed by atoms with Crippen molar-refractivity contribution in [3.63, 3.8) is 0 Å². The first-order valence-electron chi connectivity index (χ1n) is 5.58. The summed E-state index contributed by atoms with van der Waals surface area (Å²) in [6.07, 6.45) is 0.842. The molecular formula is C12H16N4S. The summed E-state index contributed by atoms with van der Waals surface area (Å²) < 4.78 is 2.63. The number of nitrogens with one attached hydrogen (secondary N) is 1. The molecule has 1 heterocycles. The lowest BCUT2D eigenvalue weighted by atomic mass is 10.2. The van der Waals surface area contributed by atoms with E-state index in [-0.39, 0.29) is 0 Å².